The van der Waals surface area contributed by atoms with Gasteiger partial charge in [0.1, 0.15) is 5.52 Å². The Labute approximate surface area is 114 Å². The lowest BCUT2D eigenvalue weighted by molar-refractivity contribution is -0.0253. The Morgan fingerprint density at radius 3 is 2.95 bits per heavy atom. The third kappa shape index (κ3) is 1.44. The largest absolute Gasteiger partial charge is 0.371 e. The Hall–Kier alpha value is -2.26. The van der Waals surface area contributed by atoms with Crippen LogP contribution in [-0.2, 0) is 11.3 Å². The summed E-state index contributed by atoms with van der Waals surface area (Å²) >= 11 is 0. The minimum atomic E-state index is -0.406. The van der Waals surface area contributed by atoms with Crippen LogP contribution in [0.3, 0.4) is 0 Å². The summed E-state index contributed by atoms with van der Waals surface area (Å²) < 4.78 is 7.09. The topological polar surface area (TPSA) is 80.8 Å². The highest BCUT2D eigenvalue weighted by Gasteiger charge is 2.63. The Balaban J connectivity index is 1.70. The minimum Gasteiger partial charge on any atom is -0.371 e. The highest BCUT2D eigenvalue weighted by Crippen LogP contribution is 2.57. The molecule has 1 aromatic heterocycles. The first kappa shape index (κ1) is 11.6. The fourth-order valence-electron chi connectivity index (χ4n) is 3.35. The standard InChI is InChI=1S/C14H12N4O2/c15-7-13-5-14(6-13,20-9-13)8-18-12(19)10-3-1-2-4-11(10)16-17-18/h1-4H,5-6,8-9H2. The van der Waals surface area contributed by atoms with Gasteiger partial charge in [0.25, 0.3) is 5.56 Å². The molecule has 3 heterocycles. The highest BCUT2D eigenvalue weighted by molar-refractivity contribution is 5.76. The van der Waals surface area contributed by atoms with Gasteiger partial charge in [0, 0.05) is 0 Å². The average Bonchev–Trinajstić information content (AvgIpc) is 2.98. The summed E-state index contributed by atoms with van der Waals surface area (Å²) in [5.74, 6) is 0. The van der Waals surface area contributed by atoms with E-state index in [4.69, 9.17) is 10.00 Å². The molecule has 3 aliphatic rings. The zero-order valence-corrected chi connectivity index (χ0v) is 10.7. The van der Waals surface area contributed by atoms with Gasteiger partial charge in [-0.1, -0.05) is 17.3 Å². The second-order valence-corrected chi connectivity index (χ2v) is 5.79. The van der Waals surface area contributed by atoms with Crippen molar-refractivity contribution in [1.82, 2.24) is 15.0 Å². The minimum absolute atomic E-state index is 0.157. The van der Waals surface area contributed by atoms with Crippen molar-refractivity contribution in [2.75, 3.05) is 6.61 Å². The van der Waals surface area contributed by atoms with E-state index >= 15 is 0 Å². The van der Waals surface area contributed by atoms with E-state index in [1.165, 1.54) is 4.68 Å². The van der Waals surface area contributed by atoms with Crippen LogP contribution in [0.4, 0.5) is 0 Å². The Morgan fingerprint density at radius 1 is 1.40 bits per heavy atom. The van der Waals surface area contributed by atoms with Crippen molar-refractivity contribution >= 4 is 10.9 Å². The van der Waals surface area contributed by atoms with Crippen LogP contribution in [0.15, 0.2) is 29.1 Å². The number of benzene rings is 1. The average molecular weight is 268 g/mol. The smallest absolute Gasteiger partial charge is 0.277 e. The molecule has 0 amide bonds. The van der Waals surface area contributed by atoms with Gasteiger partial charge in [-0.25, -0.2) is 4.68 Å². The number of hydrogen-bond donors (Lipinski definition) is 0. The molecule has 6 heteroatoms. The quantitative estimate of drug-likeness (QED) is 0.807. The lowest BCUT2D eigenvalue weighted by atomic mass is 9.63. The van der Waals surface area contributed by atoms with E-state index in [1.54, 1.807) is 12.1 Å². The lowest BCUT2D eigenvalue weighted by Crippen LogP contribution is -2.48. The molecule has 1 aromatic carbocycles. The third-order valence-corrected chi connectivity index (χ3v) is 4.28. The first-order valence-electron chi connectivity index (χ1n) is 6.53. The molecule has 1 aliphatic carbocycles. The summed E-state index contributed by atoms with van der Waals surface area (Å²) in [4.78, 5) is 12.4. The van der Waals surface area contributed by atoms with Crippen molar-refractivity contribution in [1.29, 1.82) is 5.26 Å². The maximum Gasteiger partial charge on any atom is 0.277 e. The second-order valence-electron chi connectivity index (χ2n) is 5.79. The van der Waals surface area contributed by atoms with Gasteiger partial charge in [-0.05, 0) is 25.0 Å². The summed E-state index contributed by atoms with van der Waals surface area (Å²) in [7, 11) is 0. The first-order chi connectivity index (χ1) is 9.65. The Morgan fingerprint density at radius 2 is 2.20 bits per heavy atom. The molecular formula is C14H12N4O2. The van der Waals surface area contributed by atoms with Crippen molar-refractivity contribution in [2.45, 2.75) is 25.0 Å². The predicted molar refractivity (Wildman–Crippen MR) is 69.8 cm³/mol. The number of fused-ring (bicyclic) bond motifs is 2. The van der Waals surface area contributed by atoms with E-state index in [2.05, 4.69) is 16.4 Å². The molecule has 3 fully saturated rings. The number of aromatic nitrogens is 3. The van der Waals surface area contributed by atoms with Crippen molar-refractivity contribution in [3.8, 4) is 6.07 Å². The molecule has 2 aliphatic heterocycles. The van der Waals surface area contributed by atoms with Crippen molar-refractivity contribution in [3.05, 3.63) is 34.6 Å². The summed E-state index contributed by atoms with van der Waals surface area (Å²) in [6.07, 6.45) is 1.36. The monoisotopic (exact) mass is 268 g/mol. The first-order valence-corrected chi connectivity index (χ1v) is 6.53. The molecule has 100 valence electrons. The summed E-state index contributed by atoms with van der Waals surface area (Å²) in [6, 6.07) is 9.46. The molecule has 2 saturated heterocycles. The van der Waals surface area contributed by atoms with E-state index in [9.17, 15) is 4.79 Å². The maximum atomic E-state index is 12.4. The molecule has 2 bridgehead atoms. The van der Waals surface area contributed by atoms with Gasteiger partial charge in [0.2, 0.25) is 0 Å². The van der Waals surface area contributed by atoms with Gasteiger partial charge in [-0.2, -0.15) is 5.26 Å². The Kier molecular flexibility index (Phi) is 2.11. The predicted octanol–water partition coefficient (Wildman–Crippen LogP) is 0.864. The van der Waals surface area contributed by atoms with Crippen molar-refractivity contribution in [2.24, 2.45) is 5.41 Å². The van der Waals surface area contributed by atoms with Gasteiger partial charge in [0.05, 0.1) is 35.6 Å². The molecule has 0 spiro atoms. The zero-order chi connectivity index (χ0) is 13.8. The van der Waals surface area contributed by atoms with Crippen LogP contribution < -0.4 is 5.56 Å². The molecule has 2 aromatic rings. The molecule has 0 unspecified atom stereocenters. The molecule has 20 heavy (non-hydrogen) atoms. The maximum absolute atomic E-state index is 12.4. The van der Waals surface area contributed by atoms with Gasteiger partial charge in [-0.15, -0.1) is 5.10 Å². The second kappa shape index (κ2) is 3.64. The molecular weight excluding hydrogens is 256 g/mol. The molecule has 1 saturated carbocycles. The fourth-order valence-corrected chi connectivity index (χ4v) is 3.35. The van der Waals surface area contributed by atoms with E-state index in [-0.39, 0.29) is 11.0 Å². The Bertz CT molecular complexity index is 799. The van der Waals surface area contributed by atoms with Crippen LogP contribution in [0.25, 0.3) is 10.9 Å². The van der Waals surface area contributed by atoms with Crippen LogP contribution >= 0.6 is 0 Å². The van der Waals surface area contributed by atoms with Gasteiger partial charge in [0.15, 0.2) is 0 Å². The van der Waals surface area contributed by atoms with Crippen LogP contribution in [-0.4, -0.2) is 27.2 Å². The summed E-state index contributed by atoms with van der Waals surface area (Å²) in [6.45, 7) is 0.826. The zero-order valence-electron chi connectivity index (χ0n) is 10.7. The van der Waals surface area contributed by atoms with Gasteiger partial charge < -0.3 is 4.74 Å². The molecule has 0 atom stereocenters. The normalized spacial score (nSPS) is 30.9. The number of nitriles is 1. The number of rotatable bonds is 2. The van der Waals surface area contributed by atoms with E-state index < -0.39 is 5.60 Å². The fraction of sp³-hybridized carbons (Fsp3) is 0.429. The van der Waals surface area contributed by atoms with Crippen LogP contribution in [0.2, 0.25) is 0 Å². The van der Waals surface area contributed by atoms with Crippen molar-refractivity contribution in [3.63, 3.8) is 0 Å². The van der Waals surface area contributed by atoms with E-state index in [0.717, 1.165) is 0 Å². The van der Waals surface area contributed by atoms with E-state index in [1.807, 2.05) is 12.1 Å². The number of nitrogens with zero attached hydrogens (tertiary/aromatic N) is 4. The third-order valence-electron chi connectivity index (χ3n) is 4.28. The summed E-state index contributed by atoms with van der Waals surface area (Å²) in [5, 5.41) is 17.7. The molecule has 5 rings (SSSR count). The van der Waals surface area contributed by atoms with Crippen molar-refractivity contribution < 1.29 is 4.74 Å². The van der Waals surface area contributed by atoms with Crippen LogP contribution in [0.5, 0.6) is 0 Å². The van der Waals surface area contributed by atoms with E-state index in [0.29, 0.717) is 36.9 Å². The molecule has 0 N–H and O–H groups in total. The highest BCUT2D eigenvalue weighted by atomic mass is 16.5. The molecule has 6 nitrogen and oxygen atoms in total. The van der Waals surface area contributed by atoms with Crippen LogP contribution in [0, 0.1) is 16.7 Å². The molecule has 0 radical (unpaired) electrons. The number of hydrogen-bond acceptors (Lipinski definition) is 5. The number of ether oxygens (including phenoxy) is 1. The van der Waals surface area contributed by atoms with Crippen LogP contribution in [0.1, 0.15) is 12.8 Å². The summed E-state index contributed by atoms with van der Waals surface area (Å²) in [5.41, 5.74) is -0.307. The lowest BCUT2D eigenvalue weighted by Gasteiger charge is -2.39. The van der Waals surface area contributed by atoms with Gasteiger partial charge in [-0.3, -0.25) is 4.79 Å². The van der Waals surface area contributed by atoms with Gasteiger partial charge >= 0.3 is 0 Å². The SMILES string of the molecule is N#CC12COC(Cn3nnc4ccccc4c3=O)(C1)C2.